The number of hydrogen-bond donors (Lipinski definition) is 0. The van der Waals surface area contributed by atoms with Crippen molar-refractivity contribution in [2.45, 2.75) is 44.8 Å². The number of benzene rings is 1. The first-order valence-corrected chi connectivity index (χ1v) is 7.34. The minimum atomic E-state index is -4.79. The SMILES string of the molecule is CC1CCC(N(Cl)c2ccc([N+](=O)[O-])c(C(F)(F)F)c2)CC1. The quantitative estimate of drug-likeness (QED) is 0.435. The van der Waals surface area contributed by atoms with Crippen LogP contribution in [0.2, 0.25) is 0 Å². The maximum Gasteiger partial charge on any atom is 0.423 e. The van der Waals surface area contributed by atoms with Crippen LogP contribution in [-0.2, 0) is 6.18 Å². The van der Waals surface area contributed by atoms with Crippen LogP contribution in [0.4, 0.5) is 24.5 Å². The number of nitro groups is 1. The highest BCUT2D eigenvalue weighted by atomic mass is 35.5. The van der Waals surface area contributed by atoms with E-state index in [1.807, 2.05) is 0 Å². The molecular formula is C14H16ClF3N2O2. The van der Waals surface area contributed by atoms with E-state index in [-0.39, 0.29) is 11.7 Å². The third-order valence-electron chi connectivity index (χ3n) is 4.03. The molecule has 4 nitrogen and oxygen atoms in total. The molecule has 1 saturated carbocycles. The van der Waals surface area contributed by atoms with Crippen LogP contribution < -0.4 is 4.42 Å². The first-order chi connectivity index (χ1) is 10.2. The molecule has 122 valence electrons. The Hall–Kier alpha value is -1.50. The monoisotopic (exact) mass is 336 g/mol. The number of anilines is 1. The summed E-state index contributed by atoms with van der Waals surface area (Å²) >= 11 is 6.18. The Morgan fingerprint density at radius 2 is 1.86 bits per heavy atom. The Morgan fingerprint density at radius 1 is 1.27 bits per heavy atom. The van der Waals surface area contributed by atoms with Crippen LogP contribution in [0, 0.1) is 16.0 Å². The molecular weight excluding hydrogens is 321 g/mol. The van der Waals surface area contributed by atoms with Crippen LogP contribution in [0.15, 0.2) is 18.2 Å². The molecule has 1 fully saturated rings. The molecule has 0 aliphatic heterocycles. The fourth-order valence-electron chi connectivity index (χ4n) is 2.72. The van der Waals surface area contributed by atoms with Gasteiger partial charge in [-0.2, -0.15) is 13.2 Å². The van der Waals surface area contributed by atoms with Crippen molar-refractivity contribution in [3.05, 3.63) is 33.9 Å². The highest BCUT2D eigenvalue weighted by molar-refractivity contribution is 6.26. The van der Waals surface area contributed by atoms with E-state index < -0.39 is 22.4 Å². The summed E-state index contributed by atoms with van der Waals surface area (Å²) in [5.74, 6) is 0.587. The van der Waals surface area contributed by atoms with Crippen molar-refractivity contribution < 1.29 is 18.1 Å². The largest absolute Gasteiger partial charge is 0.423 e. The second kappa shape index (κ2) is 6.32. The molecule has 0 atom stereocenters. The van der Waals surface area contributed by atoms with Gasteiger partial charge in [-0.25, -0.2) is 0 Å². The second-order valence-electron chi connectivity index (χ2n) is 5.68. The van der Waals surface area contributed by atoms with E-state index in [1.165, 1.54) is 10.5 Å². The zero-order valence-electron chi connectivity index (χ0n) is 11.9. The molecule has 0 N–H and O–H groups in total. The topological polar surface area (TPSA) is 46.4 Å². The number of nitro benzene ring substituents is 1. The zero-order valence-corrected chi connectivity index (χ0v) is 12.7. The maximum atomic E-state index is 13.0. The summed E-state index contributed by atoms with van der Waals surface area (Å²) in [6.07, 6.45) is -1.27. The molecule has 0 aromatic heterocycles. The Labute approximate surface area is 131 Å². The van der Waals surface area contributed by atoms with Gasteiger partial charge in [-0.1, -0.05) is 6.92 Å². The summed E-state index contributed by atoms with van der Waals surface area (Å²) < 4.78 is 40.2. The number of nitrogens with zero attached hydrogens (tertiary/aromatic N) is 2. The van der Waals surface area contributed by atoms with E-state index in [1.54, 1.807) is 0 Å². The van der Waals surface area contributed by atoms with Gasteiger partial charge in [-0.3, -0.25) is 14.5 Å². The van der Waals surface area contributed by atoms with Gasteiger partial charge in [-0.15, -0.1) is 0 Å². The normalized spacial score (nSPS) is 22.4. The summed E-state index contributed by atoms with van der Waals surface area (Å²) in [7, 11) is 0. The van der Waals surface area contributed by atoms with Gasteiger partial charge in [0.25, 0.3) is 5.69 Å². The fraction of sp³-hybridized carbons (Fsp3) is 0.571. The van der Waals surface area contributed by atoms with Crippen LogP contribution in [-0.4, -0.2) is 11.0 Å². The van der Waals surface area contributed by atoms with Crippen molar-refractivity contribution in [1.29, 1.82) is 0 Å². The van der Waals surface area contributed by atoms with E-state index in [0.717, 1.165) is 37.8 Å². The summed E-state index contributed by atoms with van der Waals surface area (Å²) in [6, 6.07) is 2.82. The minimum Gasteiger partial charge on any atom is -0.282 e. The predicted octanol–water partition coefficient (Wildman–Crippen LogP) is 5.15. The Kier molecular flexibility index (Phi) is 4.84. The maximum absolute atomic E-state index is 13.0. The number of alkyl halides is 3. The van der Waals surface area contributed by atoms with Crippen molar-refractivity contribution >= 4 is 23.2 Å². The Bertz CT molecular complexity index is 558. The van der Waals surface area contributed by atoms with Crippen LogP contribution in [0.5, 0.6) is 0 Å². The third kappa shape index (κ3) is 3.63. The molecule has 1 aromatic carbocycles. The Balaban J connectivity index is 2.30. The molecule has 1 aliphatic rings. The van der Waals surface area contributed by atoms with Crippen molar-refractivity contribution in [2.24, 2.45) is 5.92 Å². The van der Waals surface area contributed by atoms with Crippen molar-refractivity contribution in [1.82, 2.24) is 0 Å². The lowest BCUT2D eigenvalue weighted by Gasteiger charge is -2.32. The van der Waals surface area contributed by atoms with Crippen molar-refractivity contribution in [2.75, 3.05) is 4.42 Å². The molecule has 0 bridgehead atoms. The van der Waals surface area contributed by atoms with E-state index in [2.05, 4.69) is 6.92 Å². The van der Waals surface area contributed by atoms with Gasteiger partial charge in [0, 0.05) is 23.9 Å². The predicted molar refractivity (Wildman–Crippen MR) is 77.9 cm³/mol. The molecule has 0 heterocycles. The minimum absolute atomic E-state index is 0.0552. The standard InChI is InChI=1S/C14H16ClF3N2O2/c1-9-2-4-10(5-3-9)19(15)11-6-7-13(20(21)22)12(8-11)14(16,17)18/h6-10H,2-5H2,1H3. The van der Waals surface area contributed by atoms with E-state index >= 15 is 0 Å². The van der Waals surface area contributed by atoms with Crippen molar-refractivity contribution in [3.8, 4) is 0 Å². The van der Waals surface area contributed by atoms with Crippen LogP contribution in [0.1, 0.15) is 38.2 Å². The average Bonchev–Trinajstić information content (AvgIpc) is 2.45. The van der Waals surface area contributed by atoms with Crippen LogP contribution >= 0.6 is 11.8 Å². The van der Waals surface area contributed by atoms with Gasteiger partial charge in [0.2, 0.25) is 0 Å². The van der Waals surface area contributed by atoms with Gasteiger partial charge in [0.15, 0.2) is 0 Å². The van der Waals surface area contributed by atoms with Crippen molar-refractivity contribution in [3.63, 3.8) is 0 Å². The molecule has 1 aliphatic carbocycles. The molecule has 0 unspecified atom stereocenters. The van der Waals surface area contributed by atoms with E-state index in [9.17, 15) is 23.3 Å². The highest BCUT2D eigenvalue weighted by Crippen LogP contribution is 2.40. The summed E-state index contributed by atoms with van der Waals surface area (Å²) in [6.45, 7) is 2.13. The van der Waals surface area contributed by atoms with Gasteiger partial charge in [0.05, 0.1) is 10.6 Å². The molecule has 1 aromatic rings. The van der Waals surface area contributed by atoms with Gasteiger partial charge < -0.3 is 0 Å². The molecule has 8 heteroatoms. The number of halogens is 4. The fourth-order valence-corrected chi connectivity index (χ4v) is 3.02. The second-order valence-corrected chi connectivity index (χ2v) is 6.05. The number of hydrogen-bond acceptors (Lipinski definition) is 3. The first kappa shape index (κ1) is 16.9. The molecule has 22 heavy (non-hydrogen) atoms. The summed E-state index contributed by atoms with van der Waals surface area (Å²) in [4.78, 5) is 9.71. The average molecular weight is 337 g/mol. The lowest BCUT2D eigenvalue weighted by atomic mass is 9.87. The van der Waals surface area contributed by atoms with E-state index in [0.29, 0.717) is 5.92 Å². The molecule has 2 rings (SSSR count). The Morgan fingerprint density at radius 3 is 2.36 bits per heavy atom. The lowest BCUT2D eigenvalue weighted by Crippen LogP contribution is -2.31. The van der Waals surface area contributed by atoms with Gasteiger partial charge in [0.1, 0.15) is 5.56 Å². The van der Waals surface area contributed by atoms with E-state index in [4.69, 9.17) is 11.8 Å². The highest BCUT2D eigenvalue weighted by Gasteiger charge is 2.39. The molecule has 0 saturated heterocycles. The van der Waals surface area contributed by atoms with Crippen LogP contribution in [0.3, 0.4) is 0 Å². The molecule has 0 spiro atoms. The van der Waals surface area contributed by atoms with Crippen LogP contribution in [0.25, 0.3) is 0 Å². The molecule has 0 radical (unpaired) electrons. The zero-order chi connectivity index (χ0) is 16.5. The lowest BCUT2D eigenvalue weighted by molar-refractivity contribution is -0.388. The smallest absolute Gasteiger partial charge is 0.282 e. The van der Waals surface area contributed by atoms with Gasteiger partial charge in [-0.05, 0) is 43.7 Å². The third-order valence-corrected chi connectivity index (χ3v) is 4.51. The van der Waals surface area contributed by atoms with Gasteiger partial charge >= 0.3 is 6.18 Å². The first-order valence-electron chi connectivity index (χ1n) is 7.00. The number of rotatable bonds is 3. The summed E-state index contributed by atoms with van der Waals surface area (Å²) in [5.41, 5.74) is -2.09. The summed E-state index contributed by atoms with van der Waals surface area (Å²) in [5, 5.41) is 10.7. The molecule has 0 amide bonds.